The number of anilines is 1. The van der Waals surface area contributed by atoms with E-state index >= 15 is 0 Å². The molecule has 1 rings (SSSR count). The van der Waals surface area contributed by atoms with E-state index in [0.717, 1.165) is 24.8 Å². The number of sulfonamides is 1. The molecule has 0 fully saturated rings. The average molecular weight is 298 g/mol. The van der Waals surface area contributed by atoms with Crippen LogP contribution in [0.15, 0.2) is 24.3 Å². The maximum Gasteiger partial charge on any atom is 0.218 e. The van der Waals surface area contributed by atoms with E-state index in [4.69, 9.17) is 5.73 Å². The molecule has 0 aromatic heterocycles. The molecule has 0 spiro atoms. The first-order chi connectivity index (χ1) is 9.40. The number of unbranched alkanes of at least 4 members (excludes halogenated alkanes) is 1. The minimum atomic E-state index is -3.30. The van der Waals surface area contributed by atoms with Crippen molar-refractivity contribution in [2.45, 2.75) is 51.8 Å². The fraction of sp³-hybridized carbons (Fsp3) is 0.600. The van der Waals surface area contributed by atoms with Gasteiger partial charge in [0.25, 0.3) is 0 Å². The Kier molecular flexibility index (Phi) is 6.49. The zero-order valence-electron chi connectivity index (χ0n) is 12.7. The number of benzene rings is 1. The van der Waals surface area contributed by atoms with Crippen LogP contribution in [0.3, 0.4) is 0 Å². The summed E-state index contributed by atoms with van der Waals surface area (Å²) in [6.45, 7) is 6.64. The second kappa shape index (κ2) is 7.64. The van der Waals surface area contributed by atoms with Gasteiger partial charge in [0.1, 0.15) is 0 Å². The highest BCUT2D eigenvalue weighted by Gasteiger charge is 2.26. The fourth-order valence-electron chi connectivity index (χ4n) is 2.13. The zero-order chi connectivity index (χ0) is 15.2. The van der Waals surface area contributed by atoms with Crippen molar-refractivity contribution in [3.05, 3.63) is 29.8 Å². The third kappa shape index (κ3) is 4.80. The van der Waals surface area contributed by atoms with Crippen LogP contribution in [0.5, 0.6) is 0 Å². The summed E-state index contributed by atoms with van der Waals surface area (Å²) in [6.07, 6.45) is 2.70. The van der Waals surface area contributed by atoms with Crippen LogP contribution in [0, 0.1) is 0 Å². The van der Waals surface area contributed by atoms with Gasteiger partial charge in [-0.1, -0.05) is 32.4 Å². The molecule has 0 heterocycles. The standard InChI is InChI=1S/C15H26N2O2S/c1-4-6-10-17(13(3)5-2)20(18,19)12-14-8-7-9-15(16)11-14/h7-9,11,13H,4-6,10,12,16H2,1-3H3. The maximum absolute atomic E-state index is 12.6. The summed E-state index contributed by atoms with van der Waals surface area (Å²) in [5.74, 6) is 0.0199. The van der Waals surface area contributed by atoms with Crippen LogP contribution >= 0.6 is 0 Å². The Hall–Kier alpha value is -1.07. The first kappa shape index (κ1) is 17.0. The summed E-state index contributed by atoms with van der Waals surface area (Å²) < 4.78 is 26.8. The summed E-state index contributed by atoms with van der Waals surface area (Å²) in [7, 11) is -3.30. The molecule has 0 saturated heterocycles. The minimum absolute atomic E-state index is 0.0199. The molecule has 1 unspecified atom stereocenters. The van der Waals surface area contributed by atoms with Gasteiger partial charge in [0.15, 0.2) is 0 Å². The number of nitrogen functional groups attached to an aromatic ring is 1. The molecule has 0 aliphatic carbocycles. The van der Waals surface area contributed by atoms with Crippen LogP contribution in [0.25, 0.3) is 0 Å². The summed E-state index contributed by atoms with van der Waals surface area (Å²) in [6, 6.07) is 7.13. The molecule has 0 saturated carbocycles. The normalized spacial score (nSPS) is 13.6. The molecule has 0 bridgehead atoms. The largest absolute Gasteiger partial charge is 0.399 e. The molecule has 2 N–H and O–H groups in total. The summed E-state index contributed by atoms with van der Waals surface area (Å²) in [4.78, 5) is 0. The van der Waals surface area contributed by atoms with Crippen molar-refractivity contribution in [3.63, 3.8) is 0 Å². The molecule has 1 aromatic carbocycles. The Morgan fingerprint density at radius 2 is 2.00 bits per heavy atom. The fourth-order valence-corrected chi connectivity index (χ4v) is 4.00. The topological polar surface area (TPSA) is 63.4 Å². The number of nitrogens with two attached hydrogens (primary N) is 1. The molecule has 0 amide bonds. The van der Waals surface area contributed by atoms with E-state index in [1.807, 2.05) is 19.9 Å². The van der Waals surface area contributed by atoms with Crippen molar-refractivity contribution in [1.82, 2.24) is 4.31 Å². The molecule has 0 aliphatic heterocycles. The Bertz CT molecular complexity index is 514. The second-order valence-electron chi connectivity index (χ2n) is 5.22. The van der Waals surface area contributed by atoms with Gasteiger partial charge in [-0.15, -0.1) is 0 Å². The first-order valence-electron chi connectivity index (χ1n) is 7.24. The number of hydrogen-bond donors (Lipinski definition) is 1. The van der Waals surface area contributed by atoms with Gasteiger partial charge in [-0.05, 0) is 37.5 Å². The molecule has 114 valence electrons. The number of nitrogens with zero attached hydrogens (tertiary/aromatic N) is 1. The monoisotopic (exact) mass is 298 g/mol. The van der Waals surface area contributed by atoms with Crippen LogP contribution in [0.4, 0.5) is 5.69 Å². The summed E-state index contributed by atoms with van der Waals surface area (Å²) in [5, 5.41) is 0. The van der Waals surface area contributed by atoms with Crippen LogP contribution in [-0.4, -0.2) is 25.3 Å². The van der Waals surface area contributed by atoms with Crippen molar-refractivity contribution in [2.24, 2.45) is 0 Å². The zero-order valence-corrected chi connectivity index (χ0v) is 13.5. The lowest BCUT2D eigenvalue weighted by atomic mass is 10.2. The average Bonchev–Trinajstić information content (AvgIpc) is 2.38. The second-order valence-corrected chi connectivity index (χ2v) is 7.14. The number of rotatable bonds is 8. The highest BCUT2D eigenvalue weighted by atomic mass is 32.2. The smallest absolute Gasteiger partial charge is 0.218 e. The highest BCUT2D eigenvalue weighted by molar-refractivity contribution is 7.88. The molecular weight excluding hydrogens is 272 g/mol. The Labute approximate surface area is 123 Å². The van der Waals surface area contributed by atoms with Crippen molar-refractivity contribution < 1.29 is 8.42 Å². The SMILES string of the molecule is CCCCN(C(C)CC)S(=O)(=O)Cc1cccc(N)c1. The molecule has 5 heteroatoms. The van der Waals surface area contributed by atoms with Gasteiger partial charge in [0.2, 0.25) is 10.0 Å². The van der Waals surface area contributed by atoms with E-state index in [-0.39, 0.29) is 11.8 Å². The van der Waals surface area contributed by atoms with E-state index < -0.39 is 10.0 Å². The lowest BCUT2D eigenvalue weighted by molar-refractivity contribution is 0.324. The van der Waals surface area contributed by atoms with E-state index in [1.165, 1.54) is 0 Å². The van der Waals surface area contributed by atoms with Crippen molar-refractivity contribution in [1.29, 1.82) is 0 Å². The number of hydrogen-bond acceptors (Lipinski definition) is 3. The first-order valence-corrected chi connectivity index (χ1v) is 8.85. The molecular formula is C15H26N2O2S. The van der Waals surface area contributed by atoms with Gasteiger partial charge >= 0.3 is 0 Å². The van der Waals surface area contributed by atoms with E-state index in [0.29, 0.717) is 12.2 Å². The van der Waals surface area contributed by atoms with Crippen LogP contribution < -0.4 is 5.73 Å². The quantitative estimate of drug-likeness (QED) is 0.750. The third-order valence-electron chi connectivity index (χ3n) is 3.47. The Morgan fingerprint density at radius 3 is 2.55 bits per heavy atom. The molecule has 0 radical (unpaired) electrons. The maximum atomic E-state index is 12.6. The Morgan fingerprint density at radius 1 is 1.30 bits per heavy atom. The lowest BCUT2D eigenvalue weighted by Crippen LogP contribution is -2.39. The Balaban J connectivity index is 2.92. The minimum Gasteiger partial charge on any atom is -0.399 e. The van der Waals surface area contributed by atoms with Gasteiger partial charge in [-0.25, -0.2) is 8.42 Å². The highest BCUT2D eigenvalue weighted by Crippen LogP contribution is 2.18. The summed E-state index contributed by atoms with van der Waals surface area (Å²) >= 11 is 0. The van der Waals surface area contributed by atoms with E-state index in [1.54, 1.807) is 22.5 Å². The van der Waals surface area contributed by atoms with Crippen LogP contribution in [-0.2, 0) is 15.8 Å². The lowest BCUT2D eigenvalue weighted by Gasteiger charge is -2.27. The predicted octanol–water partition coefficient (Wildman–Crippen LogP) is 3.00. The predicted molar refractivity (Wildman–Crippen MR) is 84.8 cm³/mol. The van der Waals surface area contributed by atoms with Crippen molar-refractivity contribution >= 4 is 15.7 Å². The van der Waals surface area contributed by atoms with Gasteiger partial charge < -0.3 is 5.73 Å². The summed E-state index contributed by atoms with van der Waals surface area (Å²) in [5.41, 5.74) is 7.05. The van der Waals surface area contributed by atoms with Crippen molar-refractivity contribution in [3.8, 4) is 0 Å². The van der Waals surface area contributed by atoms with Crippen LogP contribution in [0.2, 0.25) is 0 Å². The van der Waals surface area contributed by atoms with Gasteiger partial charge in [0, 0.05) is 18.3 Å². The molecule has 0 aliphatic rings. The van der Waals surface area contributed by atoms with Gasteiger partial charge in [0.05, 0.1) is 5.75 Å². The molecule has 1 aromatic rings. The van der Waals surface area contributed by atoms with Gasteiger partial charge in [-0.2, -0.15) is 4.31 Å². The van der Waals surface area contributed by atoms with E-state index in [2.05, 4.69) is 6.92 Å². The molecule has 4 nitrogen and oxygen atoms in total. The van der Waals surface area contributed by atoms with Crippen LogP contribution in [0.1, 0.15) is 45.6 Å². The molecule has 1 atom stereocenters. The van der Waals surface area contributed by atoms with E-state index in [9.17, 15) is 8.42 Å². The van der Waals surface area contributed by atoms with Crippen molar-refractivity contribution in [2.75, 3.05) is 12.3 Å². The molecule has 20 heavy (non-hydrogen) atoms. The third-order valence-corrected chi connectivity index (χ3v) is 5.43. The van der Waals surface area contributed by atoms with Gasteiger partial charge in [-0.3, -0.25) is 0 Å².